The Morgan fingerprint density at radius 2 is 1.82 bits per heavy atom. The van der Waals surface area contributed by atoms with E-state index in [0.29, 0.717) is 12.1 Å². The van der Waals surface area contributed by atoms with Crippen LogP contribution in [0.4, 0.5) is 4.79 Å². The molecule has 6 nitrogen and oxygen atoms in total. The third kappa shape index (κ3) is 5.44. The summed E-state index contributed by atoms with van der Waals surface area (Å²) in [5.41, 5.74) is 1.46. The Hall–Kier alpha value is -2.55. The van der Waals surface area contributed by atoms with Gasteiger partial charge in [-0.05, 0) is 38.0 Å². The zero-order valence-corrected chi connectivity index (χ0v) is 13.1. The number of benzene rings is 1. The normalized spacial score (nSPS) is 12.6. The Morgan fingerprint density at radius 1 is 1.18 bits per heavy atom. The fraction of sp³-hybridized carbons (Fsp3) is 0.438. The summed E-state index contributed by atoms with van der Waals surface area (Å²) in [4.78, 5) is 23.6. The molecule has 0 aliphatic rings. The molecule has 0 fully saturated rings. The molecule has 0 spiro atoms. The molecule has 0 aromatic heterocycles. The van der Waals surface area contributed by atoms with E-state index in [0.717, 1.165) is 12.0 Å². The van der Waals surface area contributed by atoms with Gasteiger partial charge in [0.05, 0.1) is 17.7 Å². The minimum Gasteiger partial charge on any atom is -0.354 e. The van der Waals surface area contributed by atoms with Crippen molar-refractivity contribution in [3.05, 3.63) is 35.4 Å². The molecule has 0 bridgehead atoms. The zero-order valence-electron chi connectivity index (χ0n) is 13.1. The van der Waals surface area contributed by atoms with Crippen LogP contribution in [0.2, 0.25) is 0 Å². The van der Waals surface area contributed by atoms with Gasteiger partial charge < -0.3 is 16.0 Å². The second kappa shape index (κ2) is 8.67. The Kier molecular flexibility index (Phi) is 6.90. The predicted octanol–water partition coefficient (Wildman–Crippen LogP) is 1.83. The van der Waals surface area contributed by atoms with Crippen LogP contribution in [0.15, 0.2) is 24.3 Å². The highest BCUT2D eigenvalue weighted by molar-refractivity contribution is 5.86. The lowest BCUT2D eigenvalue weighted by molar-refractivity contribution is -0.122. The van der Waals surface area contributed by atoms with Crippen LogP contribution in [0.3, 0.4) is 0 Å². The van der Waals surface area contributed by atoms with Crippen molar-refractivity contribution < 1.29 is 9.59 Å². The van der Waals surface area contributed by atoms with Crippen molar-refractivity contribution in [3.63, 3.8) is 0 Å². The molecule has 2 atom stereocenters. The molecule has 22 heavy (non-hydrogen) atoms. The summed E-state index contributed by atoms with van der Waals surface area (Å²) in [5.74, 6) is -0.206. The van der Waals surface area contributed by atoms with Gasteiger partial charge in [0.1, 0.15) is 6.04 Å². The maximum absolute atomic E-state index is 11.9. The molecule has 0 saturated carbocycles. The van der Waals surface area contributed by atoms with Crippen LogP contribution in [0.25, 0.3) is 0 Å². The third-order valence-corrected chi connectivity index (χ3v) is 3.18. The van der Waals surface area contributed by atoms with Crippen molar-refractivity contribution >= 4 is 11.9 Å². The van der Waals surface area contributed by atoms with Gasteiger partial charge in [-0.25, -0.2) is 4.79 Å². The van der Waals surface area contributed by atoms with Gasteiger partial charge in [0.15, 0.2) is 0 Å². The average molecular weight is 302 g/mol. The highest BCUT2D eigenvalue weighted by atomic mass is 16.2. The van der Waals surface area contributed by atoms with Gasteiger partial charge in [-0.2, -0.15) is 5.26 Å². The molecule has 3 amide bonds. The molecule has 3 N–H and O–H groups in total. The number of hydrogen-bond donors (Lipinski definition) is 3. The number of nitriles is 1. The Labute approximate surface area is 130 Å². The standard InChI is InChI=1S/C16H22N4O2/c1-4-9-18-15(21)12(3)20-16(22)19-11(2)14-7-5-13(10-17)6-8-14/h5-8,11-12H,4,9H2,1-3H3,(H,18,21)(H2,19,20,22). The fourth-order valence-corrected chi connectivity index (χ4v) is 1.83. The van der Waals surface area contributed by atoms with Crippen LogP contribution in [0.5, 0.6) is 0 Å². The second-order valence-electron chi connectivity index (χ2n) is 5.09. The number of amides is 3. The van der Waals surface area contributed by atoms with E-state index in [4.69, 9.17) is 5.26 Å². The molecular weight excluding hydrogens is 280 g/mol. The van der Waals surface area contributed by atoms with Crippen molar-refractivity contribution in [2.75, 3.05) is 6.54 Å². The highest BCUT2D eigenvalue weighted by Crippen LogP contribution is 2.12. The van der Waals surface area contributed by atoms with Crippen molar-refractivity contribution in [3.8, 4) is 6.07 Å². The minimum atomic E-state index is -0.597. The number of nitrogens with one attached hydrogen (secondary N) is 3. The van der Waals surface area contributed by atoms with E-state index in [1.54, 1.807) is 31.2 Å². The van der Waals surface area contributed by atoms with E-state index in [1.807, 2.05) is 19.9 Å². The van der Waals surface area contributed by atoms with Gasteiger partial charge in [-0.15, -0.1) is 0 Å². The molecule has 1 aromatic carbocycles. The average Bonchev–Trinajstić information content (AvgIpc) is 2.52. The van der Waals surface area contributed by atoms with Gasteiger partial charge in [0.25, 0.3) is 0 Å². The fourth-order valence-electron chi connectivity index (χ4n) is 1.83. The zero-order chi connectivity index (χ0) is 16.5. The maximum atomic E-state index is 11.9. The molecule has 6 heteroatoms. The molecule has 2 unspecified atom stereocenters. The van der Waals surface area contributed by atoms with Crippen LogP contribution in [-0.4, -0.2) is 24.5 Å². The van der Waals surface area contributed by atoms with Crippen LogP contribution < -0.4 is 16.0 Å². The van der Waals surface area contributed by atoms with Gasteiger partial charge in [0, 0.05) is 6.54 Å². The molecule has 118 valence electrons. The smallest absolute Gasteiger partial charge is 0.315 e. The van der Waals surface area contributed by atoms with Gasteiger partial charge >= 0.3 is 6.03 Å². The number of urea groups is 1. The molecule has 0 saturated heterocycles. The van der Waals surface area contributed by atoms with Crippen molar-refractivity contribution in [1.82, 2.24) is 16.0 Å². The van der Waals surface area contributed by atoms with Crippen LogP contribution in [0.1, 0.15) is 44.4 Å². The summed E-state index contributed by atoms with van der Waals surface area (Å²) in [6.07, 6.45) is 0.848. The van der Waals surface area contributed by atoms with E-state index in [9.17, 15) is 9.59 Å². The van der Waals surface area contributed by atoms with Crippen LogP contribution in [0, 0.1) is 11.3 Å². The van der Waals surface area contributed by atoms with E-state index in [-0.39, 0.29) is 11.9 Å². The summed E-state index contributed by atoms with van der Waals surface area (Å²) >= 11 is 0. The molecule has 0 radical (unpaired) electrons. The van der Waals surface area contributed by atoms with Gasteiger partial charge in [-0.1, -0.05) is 19.1 Å². The Bertz CT molecular complexity index is 548. The first-order valence-electron chi connectivity index (χ1n) is 7.32. The number of hydrogen-bond acceptors (Lipinski definition) is 3. The number of rotatable bonds is 6. The lowest BCUT2D eigenvalue weighted by Gasteiger charge is -2.18. The summed E-state index contributed by atoms with van der Waals surface area (Å²) in [7, 11) is 0. The molecule has 0 aliphatic carbocycles. The quantitative estimate of drug-likeness (QED) is 0.748. The summed E-state index contributed by atoms with van der Waals surface area (Å²) in [6.45, 7) is 6.03. The topological polar surface area (TPSA) is 94.0 Å². The number of carbonyl (C=O) groups is 2. The minimum absolute atomic E-state index is 0.206. The van der Waals surface area contributed by atoms with Crippen molar-refractivity contribution in [1.29, 1.82) is 5.26 Å². The van der Waals surface area contributed by atoms with Crippen molar-refractivity contribution in [2.45, 2.75) is 39.3 Å². The van der Waals surface area contributed by atoms with E-state index in [2.05, 4.69) is 16.0 Å². The molecule has 1 aromatic rings. The molecule has 1 rings (SSSR count). The molecular formula is C16H22N4O2. The third-order valence-electron chi connectivity index (χ3n) is 3.18. The largest absolute Gasteiger partial charge is 0.354 e. The highest BCUT2D eigenvalue weighted by Gasteiger charge is 2.16. The van der Waals surface area contributed by atoms with Crippen LogP contribution >= 0.6 is 0 Å². The van der Waals surface area contributed by atoms with E-state index >= 15 is 0 Å². The first-order chi connectivity index (χ1) is 10.5. The molecule has 0 heterocycles. The van der Waals surface area contributed by atoms with Gasteiger partial charge in [0.2, 0.25) is 5.91 Å². The Balaban J connectivity index is 2.49. The second-order valence-corrected chi connectivity index (χ2v) is 5.09. The van der Waals surface area contributed by atoms with E-state index < -0.39 is 12.1 Å². The summed E-state index contributed by atoms with van der Waals surface area (Å²) < 4.78 is 0. The SMILES string of the molecule is CCCNC(=O)C(C)NC(=O)NC(C)c1ccc(C#N)cc1. The predicted molar refractivity (Wildman–Crippen MR) is 84.0 cm³/mol. The number of nitrogens with zero attached hydrogens (tertiary/aromatic N) is 1. The first-order valence-corrected chi connectivity index (χ1v) is 7.32. The molecule has 0 aliphatic heterocycles. The lowest BCUT2D eigenvalue weighted by Crippen LogP contribution is -2.48. The van der Waals surface area contributed by atoms with E-state index in [1.165, 1.54) is 0 Å². The summed E-state index contributed by atoms with van der Waals surface area (Å²) in [6, 6.07) is 7.80. The number of carbonyl (C=O) groups excluding carboxylic acids is 2. The van der Waals surface area contributed by atoms with Gasteiger partial charge in [-0.3, -0.25) is 4.79 Å². The monoisotopic (exact) mass is 302 g/mol. The van der Waals surface area contributed by atoms with Crippen molar-refractivity contribution in [2.24, 2.45) is 0 Å². The van der Waals surface area contributed by atoms with Crippen LogP contribution in [-0.2, 0) is 4.79 Å². The Morgan fingerprint density at radius 3 is 2.36 bits per heavy atom. The first kappa shape index (κ1) is 17.5. The summed E-state index contributed by atoms with van der Waals surface area (Å²) in [5, 5.41) is 16.8. The maximum Gasteiger partial charge on any atom is 0.315 e. The lowest BCUT2D eigenvalue weighted by atomic mass is 10.1.